The Morgan fingerprint density at radius 3 is 2.56 bits per heavy atom. The number of anilines is 1. The summed E-state index contributed by atoms with van der Waals surface area (Å²) in [6.07, 6.45) is 3.81. The molecule has 0 aliphatic heterocycles. The topological polar surface area (TPSA) is 29.3 Å². The Kier molecular flexibility index (Phi) is 3.83. The predicted octanol–water partition coefficient (Wildman–Crippen LogP) is 2.64. The van der Waals surface area contributed by atoms with Crippen molar-refractivity contribution in [1.82, 2.24) is 0 Å². The monoisotopic (exact) mass is 218 g/mol. The highest BCUT2D eigenvalue weighted by atomic mass is 15.1. The summed E-state index contributed by atoms with van der Waals surface area (Å²) in [6, 6.07) is 11.0. The molecule has 1 aromatic carbocycles. The lowest BCUT2D eigenvalue weighted by molar-refractivity contribution is 0.545. The van der Waals surface area contributed by atoms with Gasteiger partial charge in [0.2, 0.25) is 0 Å². The Bertz CT molecular complexity index is 306. The molecule has 1 unspecified atom stereocenters. The van der Waals surface area contributed by atoms with Gasteiger partial charge >= 0.3 is 0 Å². The number of para-hydroxylation sites is 1. The molecule has 1 aliphatic rings. The molecule has 16 heavy (non-hydrogen) atoms. The van der Waals surface area contributed by atoms with Gasteiger partial charge in [0.25, 0.3) is 0 Å². The number of hydrogen-bond donors (Lipinski definition) is 1. The summed E-state index contributed by atoms with van der Waals surface area (Å²) in [5.41, 5.74) is 7.45. The molecule has 1 atom stereocenters. The highest BCUT2D eigenvalue weighted by molar-refractivity contribution is 5.45. The Morgan fingerprint density at radius 1 is 1.31 bits per heavy atom. The van der Waals surface area contributed by atoms with Crippen LogP contribution < -0.4 is 10.6 Å². The molecule has 0 bridgehead atoms. The van der Waals surface area contributed by atoms with E-state index < -0.39 is 0 Å². The summed E-state index contributed by atoms with van der Waals surface area (Å²) in [4.78, 5) is 2.41. The van der Waals surface area contributed by atoms with Gasteiger partial charge in [-0.3, -0.25) is 0 Å². The van der Waals surface area contributed by atoms with Gasteiger partial charge in [-0.15, -0.1) is 0 Å². The Hall–Kier alpha value is -1.02. The second-order valence-electron chi connectivity index (χ2n) is 4.71. The maximum atomic E-state index is 6.13. The second-order valence-corrected chi connectivity index (χ2v) is 4.71. The van der Waals surface area contributed by atoms with Crippen LogP contribution in [-0.2, 0) is 0 Å². The van der Waals surface area contributed by atoms with Gasteiger partial charge in [0, 0.05) is 24.8 Å². The lowest BCUT2D eigenvalue weighted by Gasteiger charge is -2.24. The Morgan fingerprint density at radius 2 is 2.00 bits per heavy atom. The number of rotatable bonds is 6. The fraction of sp³-hybridized carbons (Fsp3) is 0.571. The molecule has 2 rings (SSSR count). The lowest BCUT2D eigenvalue weighted by Crippen LogP contribution is -2.31. The van der Waals surface area contributed by atoms with E-state index in [0.717, 1.165) is 25.4 Å². The van der Waals surface area contributed by atoms with E-state index in [9.17, 15) is 0 Å². The van der Waals surface area contributed by atoms with Crippen LogP contribution in [0.4, 0.5) is 5.69 Å². The molecule has 0 amide bonds. The van der Waals surface area contributed by atoms with E-state index in [1.165, 1.54) is 18.5 Å². The maximum absolute atomic E-state index is 6.13. The van der Waals surface area contributed by atoms with Gasteiger partial charge in [-0.25, -0.2) is 0 Å². The predicted molar refractivity (Wildman–Crippen MR) is 69.6 cm³/mol. The number of nitrogens with two attached hydrogens (primary N) is 1. The average Bonchev–Trinajstić information content (AvgIpc) is 3.15. The van der Waals surface area contributed by atoms with Gasteiger partial charge in [0.05, 0.1) is 0 Å². The highest BCUT2D eigenvalue weighted by Gasteiger charge is 2.28. The zero-order valence-corrected chi connectivity index (χ0v) is 10.1. The van der Waals surface area contributed by atoms with Gasteiger partial charge in [-0.05, 0) is 44.2 Å². The maximum Gasteiger partial charge on any atom is 0.0366 e. The molecule has 1 saturated carbocycles. The van der Waals surface area contributed by atoms with Gasteiger partial charge in [0.15, 0.2) is 0 Å². The first kappa shape index (κ1) is 11.5. The smallest absolute Gasteiger partial charge is 0.0366 e. The van der Waals surface area contributed by atoms with Crippen LogP contribution in [-0.4, -0.2) is 19.1 Å². The minimum absolute atomic E-state index is 0.415. The summed E-state index contributed by atoms with van der Waals surface area (Å²) in [6.45, 7) is 4.34. The molecule has 2 heteroatoms. The first-order valence-corrected chi connectivity index (χ1v) is 6.37. The van der Waals surface area contributed by atoms with Crippen molar-refractivity contribution >= 4 is 5.69 Å². The lowest BCUT2D eigenvalue weighted by atomic mass is 10.1. The van der Waals surface area contributed by atoms with Crippen molar-refractivity contribution in [2.45, 2.75) is 32.2 Å². The standard InChI is InChI=1S/C14H22N2/c1-2-16(13-6-4-3-5-7-13)11-10-14(15)12-8-9-12/h3-7,12,14H,2,8-11,15H2,1H3. The van der Waals surface area contributed by atoms with E-state index in [0.29, 0.717) is 6.04 Å². The van der Waals surface area contributed by atoms with Crippen LogP contribution in [0, 0.1) is 5.92 Å². The molecule has 1 aliphatic carbocycles. The normalized spacial score (nSPS) is 17.1. The number of nitrogens with zero attached hydrogens (tertiary/aromatic N) is 1. The summed E-state index contributed by atoms with van der Waals surface area (Å²) < 4.78 is 0. The molecule has 0 aromatic heterocycles. The molecule has 88 valence electrons. The van der Waals surface area contributed by atoms with E-state index in [2.05, 4.69) is 42.2 Å². The largest absolute Gasteiger partial charge is 0.372 e. The van der Waals surface area contributed by atoms with Crippen LogP contribution in [0.1, 0.15) is 26.2 Å². The van der Waals surface area contributed by atoms with Crippen LogP contribution in [0.5, 0.6) is 0 Å². The molecule has 1 aromatic rings. The van der Waals surface area contributed by atoms with Crippen molar-refractivity contribution in [1.29, 1.82) is 0 Å². The van der Waals surface area contributed by atoms with E-state index in [1.807, 2.05) is 0 Å². The van der Waals surface area contributed by atoms with Crippen molar-refractivity contribution in [2.75, 3.05) is 18.0 Å². The van der Waals surface area contributed by atoms with Gasteiger partial charge in [-0.1, -0.05) is 18.2 Å². The minimum atomic E-state index is 0.415. The molecular weight excluding hydrogens is 196 g/mol. The zero-order valence-electron chi connectivity index (χ0n) is 10.1. The minimum Gasteiger partial charge on any atom is -0.372 e. The van der Waals surface area contributed by atoms with Gasteiger partial charge in [-0.2, -0.15) is 0 Å². The first-order chi connectivity index (χ1) is 7.81. The van der Waals surface area contributed by atoms with Gasteiger partial charge in [0.1, 0.15) is 0 Å². The summed E-state index contributed by atoms with van der Waals surface area (Å²) >= 11 is 0. The van der Waals surface area contributed by atoms with Crippen molar-refractivity contribution < 1.29 is 0 Å². The van der Waals surface area contributed by atoms with Crippen LogP contribution in [0.25, 0.3) is 0 Å². The molecule has 1 fully saturated rings. The summed E-state index contributed by atoms with van der Waals surface area (Å²) in [5.74, 6) is 0.814. The van der Waals surface area contributed by atoms with Crippen LogP contribution in [0.15, 0.2) is 30.3 Å². The Balaban J connectivity index is 1.85. The van der Waals surface area contributed by atoms with Crippen molar-refractivity contribution in [3.63, 3.8) is 0 Å². The van der Waals surface area contributed by atoms with Crippen molar-refractivity contribution in [2.24, 2.45) is 11.7 Å². The first-order valence-electron chi connectivity index (χ1n) is 6.37. The fourth-order valence-electron chi connectivity index (χ4n) is 2.17. The molecule has 2 N–H and O–H groups in total. The number of hydrogen-bond acceptors (Lipinski definition) is 2. The molecule has 0 heterocycles. The van der Waals surface area contributed by atoms with Crippen molar-refractivity contribution in [3.05, 3.63) is 30.3 Å². The molecule has 0 spiro atoms. The molecule has 0 radical (unpaired) electrons. The van der Waals surface area contributed by atoms with E-state index in [1.54, 1.807) is 0 Å². The summed E-state index contributed by atoms with van der Waals surface area (Å²) in [7, 11) is 0. The highest BCUT2D eigenvalue weighted by Crippen LogP contribution is 2.33. The third-order valence-corrected chi connectivity index (χ3v) is 3.46. The molecular formula is C14H22N2. The van der Waals surface area contributed by atoms with Crippen LogP contribution >= 0.6 is 0 Å². The van der Waals surface area contributed by atoms with E-state index in [-0.39, 0.29) is 0 Å². The van der Waals surface area contributed by atoms with Crippen LogP contribution in [0.3, 0.4) is 0 Å². The Labute approximate surface area is 98.4 Å². The van der Waals surface area contributed by atoms with Gasteiger partial charge < -0.3 is 10.6 Å². The number of benzene rings is 1. The quantitative estimate of drug-likeness (QED) is 0.795. The zero-order chi connectivity index (χ0) is 11.4. The third-order valence-electron chi connectivity index (χ3n) is 3.46. The molecule has 2 nitrogen and oxygen atoms in total. The van der Waals surface area contributed by atoms with Crippen LogP contribution in [0.2, 0.25) is 0 Å². The second kappa shape index (κ2) is 5.35. The van der Waals surface area contributed by atoms with E-state index in [4.69, 9.17) is 5.73 Å². The summed E-state index contributed by atoms with van der Waals surface area (Å²) in [5, 5.41) is 0. The van der Waals surface area contributed by atoms with Crippen molar-refractivity contribution in [3.8, 4) is 0 Å². The fourth-order valence-corrected chi connectivity index (χ4v) is 2.17. The third kappa shape index (κ3) is 2.99. The average molecular weight is 218 g/mol. The van der Waals surface area contributed by atoms with E-state index >= 15 is 0 Å². The molecule has 0 saturated heterocycles. The SMILES string of the molecule is CCN(CCC(N)C1CC1)c1ccccc1.